The molecule has 0 aliphatic heterocycles. The summed E-state index contributed by atoms with van der Waals surface area (Å²) in [5.74, 6) is 1.50. The van der Waals surface area contributed by atoms with E-state index in [2.05, 4.69) is 24.1 Å². The highest BCUT2D eigenvalue weighted by Gasteiger charge is 2.03. The fraction of sp³-hybridized carbons (Fsp3) is 0.615. The van der Waals surface area contributed by atoms with E-state index in [1.54, 1.807) is 6.20 Å². The smallest absolute Gasteiger partial charge is 0.217 e. The van der Waals surface area contributed by atoms with Crippen molar-refractivity contribution in [2.45, 2.75) is 33.2 Å². The summed E-state index contributed by atoms with van der Waals surface area (Å²) in [7, 11) is 1.93. The van der Waals surface area contributed by atoms with Gasteiger partial charge in [0.2, 0.25) is 5.88 Å². The summed E-state index contributed by atoms with van der Waals surface area (Å²) >= 11 is 0. The molecule has 16 heavy (non-hydrogen) atoms. The van der Waals surface area contributed by atoms with Crippen molar-refractivity contribution in [2.75, 3.05) is 13.7 Å². The molecule has 0 aromatic carbocycles. The molecule has 1 N–H and O–H groups in total. The predicted octanol–water partition coefficient (Wildman–Crippen LogP) is 2.62. The summed E-state index contributed by atoms with van der Waals surface area (Å²) < 4.78 is 5.69. The zero-order valence-electron chi connectivity index (χ0n) is 10.5. The second kappa shape index (κ2) is 7.23. The van der Waals surface area contributed by atoms with Gasteiger partial charge in [0.25, 0.3) is 0 Å². The van der Waals surface area contributed by atoms with E-state index in [4.69, 9.17) is 4.74 Å². The van der Waals surface area contributed by atoms with Gasteiger partial charge in [-0.2, -0.15) is 0 Å². The number of aromatic nitrogens is 1. The quantitative estimate of drug-likeness (QED) is 0.720. The predicted molar refractivity (Wildman–Crippen MR) is 66.6 cm³/mol. The molecule has 0 aliphatic carbocycles. The van der Waals surface area contributed by atoms with E-state index >= 15 is 0 Å². The molecule has 0 saturated heterocycles. The van der Waals surface area contributed by atoms with Crippen molar-refractivity contribution in [3.63, 3.8) is 0 Å². The van der Waals surface area contributed by atoms with Crippen LogP contribution < -0.4 is 10.1 Å². The van der Waals surface area contributed by atoms with Gasteiger partial charge in [-0.05, 0) is 31.9 Å². The summed E-state index contributed by atoms with van der Waals surface area (Å²) in [6, 6.07) is 3.98. The molecule has 0 aliphatic rings. The Hall–Kier alpha value is -1.09. The van der Waals surface area contributed by atoms with E-state index in [-0.39, 0.29) is 0 Å². The Labute approximate surface area is 98.2 Å². The average molecular weight is 222 g/mol. The molecule has 1 aromatic rings. The third-order valence-electron chi connectivity index (χ3n) is 2.38. The van der Waals surface area contributed by atoms with Crippen LogP contribution in [0.3, 0.4) is 0 Å². The molecule has 3 heteroatoms. The first-order chi connectivity index (χ1) is 7.74. The lowest BCUT2D eigenvalue weighted by Crippen LogP contribution is -2.09. The molecule has 0 atom stereocenters. The zero-order valence-corrected chi connectivity index (χ0v) is 10.5. The van der Waals surface area contributed by atoms with Crippen molar-refractivity contribution in [3.8, 4) is 5.88 Å². The lowest BCUT2D eigenvalue weighted by atomic mass is 10.1. The highest BCUT2D eigenvalue weighted by molar-refractivity contribution is 5.25. The lowest BCUT2D eigenvalue weighted by molar-refractivity contribution is 0.284. The second-order valence-corrected chi connectivity index (χ2v) is 4.38. The largest absolute Gasteiger partial charge is 0.477 e. The second-order valence-electron chi connectivity index (χ2n) is 4.38. The molecule has 0 unspecified atom stereocenters. The van der Waals surface area contributed by atoms with Crippen LogP contribution in [0.25, 0.3) is 0 Å². The van der Waals surface area contributed by atoms with Crippen molar-refractivity contribution >= 4 is 0 Å². The van der Waals surface area contributed by atoms with E-state index in [1.165, 1.54) is 6.42 Å². The zero-order chi connectivity index (χ0) is 11.8. The van der Waals surface area contributed by atoms with Crippen LogP contribution in [-0.4, -0.2) is 18.6 Å². The van der Waals surface area contributed by atoms with Gasteiger partial charge in [-0.15, -0.1) is 0 Å². The van der Waals surface area contributed by atoms with Crippen molar-refractivity contribution in [1.82, 2.24) is 10.3 Å². The van der Waals surface area contributed by atoms with Gasteiger partial charge < -0.3 is 10.1 Å². The Morgan fingerprint density at radius 2 is 2.25 bits per heavy atom. The standard InChI is InChI=1S/C13H22N2O/c1-11(2)6-5-9-16-13-12(10-14-3)7-4-8-15-13/h4,7-8,11,14H,5-6,9-10H2,1-3H3. The Kier molecular flexibility index (Phi) is 5.86. The van der Waals surface area contributed by atoms with Crippen LogP contribution in [-0.2, 0) is 6.54 Å². The fourth-order valence-electron chi connectivity index (χ4n) is 1.54. The molecule has 0 spiro atoms. The van der Waals surface area contributed by atoms with Gasteiger partial charge in [0.05, 0.1) is 6.61 Å². The van der Waals surface area contributed by atoms with Gasteiger partial charge in [0.15, 0.2) is 0 Å². The molecular formula is C13H22N2O. The molecule has 0 fully saturated rings. The average Bonchev–Trinajstić information content (AvgIpc) is 2.26. The van der Waals surface area contributed by atoms with Gasteiger partial charge in [-0.25, -0.2) is 4.98 Å². The van der Waals surface area contributed by atoms with E-state index in [0.717, 1.165) is 36.9 Å². The van der Waals surface area contributed by atoms with Crippen LogP contribution in [0.4, 0.5) is 0 Å². The van der Waals surface area contributed by atoms with Gasteiger partial charge in [0, 0.05) is 18.3 Å². The van der Waals surface area contributed by atoms with Gasteiger partial charge in [-0.1, -0.05) is 19.9 Å². The highest BCUT2D eigenvalue weighted by Crippen LogP contribution is 2.14. The van der Waals surface area contributed by atoms with Crippen LogP contribution in [0.2, 0.25) is 0 Å². The summed E-state index contributed by atoms with van der Waals surface area (Å²) in [6.45, 7) is 6.01. The van der Waals surface area contributed by atoms with Gasteiger partial charge >= 0.3 is 0 Å². The van der Waals surface area contributed by atoms with Crippen LogP contribution >= 0.6 is 0 Å². The van der Waals surface area contributed by atoms with E-state index in [9.17, 15) is 0 Å². The summed E-state index contributed by atoms with van der Waals surface area (Å²) in [4.78, 5) is 4.25. The number of rotatable bonds is 7. The summed E-state index contributed by atoms with van der Waals surface area (Å²) in [5, 5.41) is 3.11. The first-order valence-corrected chi connectivity index (χ1v) is 5.95. The van der Waals surface area contributed by atoms with E-state index in [1.807, 2.05) is 19.2 Å². The molecule has 1 aromatic heterocycles. The molecular weight excluding hydrogens is 200 g/mol. The number of hydrogen-bond acceptors (Lipinski definition) is 3. The number of nitrogens with zero attached hydrogens (tertiary/aromatic N) is 1. The maximum absolute atomic E-state index is 5.69. The molecule has 1 heterocycles. The monoisotopic (exact) mass is 222 g/mol. The summed E-state index contributed by atoms with van der Waals surface area (Å²) in [5.41, 5.74) is 1.12. The normalized spacial score (nSPS) is 10.8. The topological polar surface area (TPSA) is 34.2 Å². The van der Waals surface area contributed by atoms with Crippen molar-refractivity contribution < 1.29 is 4.74 Å². The van der Waals surface area contributed by atoms with Crippen LogP contribution in [0.1, 0.15) is 32.3 Å². The van der Waals surface area contributed by atoms with Crippen LogP contribution in [0, 0.1) is 5.92 Å². The van der Waals surface area contributed by atoms with Crippen molar-refractivity contribution in [3.05, 3.63) is 23.9 Å². The SMILES string of the molecule is CNCc1cccnc1OCCCC(C)C. The number of hydrogen-bond donors (Lipinski definition) is 1. The Morgan fingerprint density at radius 1 is 1.44 bits per heavy atom. The number of nitrogens with one attached hydrogen (secondary N) is 1. The minimum Gasteiger partial charge on any atom is -0.477 e. The highest BCUT2D eigenvalue weighted by atomic mass is 16.5. The summed E-state index contributed by atoms with van der Waals surface area (Å²) in [6.07, 6.45) is 4.07. The van der Waals surface area contributed by atoms with Gasteiger partial charge in [0.1, 0.15) is 0 Å². The van der Waals surface area contributed by atoms with E-state index in [0.29, 0.717) is 0 Å². The molecule has 90 valence electrons. The maximum Gasteiger partial charge on any atom is 0.217 e. The van der Waals surface area contributed by atoms with Crippen molar-refractivity contribution in [2.24, 2.45) is 5.92 Å². The van der Waals surface area contributed by atoms with Crippen LogP contribution in [0.15, 0.2) is 18.3 Å². The maximum atomic E-state index is 5.69. The minimum absolute atomic E-state index is 0.740. The third-order valence-corrected chi connectivity index (χ3v) is 2.38. The Bertz CT molecular complexity index is 300. The molecule has 3 nitrogen and oxygen atoms in total. The Morgan fingerprint density at radius 3 is 2.94 bits per heavy atom. The number of pyridine rings is 1. The third kappa shape index (κ3) is 4.62. The first-order valence-electron chi connectivity index (χ1n) is 5.95. The van der Waals surface area contributed by atoms with Gasteiger partial charge in [-0.3, -0.25) is 0 Å². The van der Waals surface area contributed by atoms with Crippen molar-refractivity contribution in [1.29, 1.82) is 0 Å². The first kappa shape index (κ1) is 13.0. The molecule has 0 saturated carbocycles. The Balaban J connectivity index is 2.40. The van der Waals surface area contributed by atoms with E-state index < -0.39 is 0 Å². The minimum atomic E-state index is 0.740. The molecule has 0 radical (unpaired) electrons. The fourth-order valence-corrected chi connectivity index (χ4v) is 1.54. The molecule has 0 bridgehead atoms. The van der Waals surface area contributed by atoms with Crippen LogP contribution in [0.5, 0.6) is 5.88 Å². The molecule has 1 rings (SSSR count). The number of ether oxygens (including phenoxy) is 1. The lowest BCUT2D eigenvalue weighted by Gasteiger charge is -2.10. The molecule has 0 amide bonds.